The number of hydrogen-bond acceptors (Lipinski definition) is 4. The molecule has 1 aromatic carbocycles. The van der Waals surface area contributed by atoms with Crippen LogP contribution in [0.15, 0.2) is 24.3 Å². The minimum absolute atomic E-state index is 0.00247. The maximum atomic E-state index is 12.8. The van der Waals surface area contributed by atoms with Gasteiger partial charge in [-0.1, -0.05) is 12.1 Å². The van der Waals surface area contributed by atoms with E-state index in [-0.39, 0.29) is 30.7 Å². The van der Waals surface area contributed by atoms with Crippen molar-refractivity contribution in [2.45, 2.75) is 13.5 Å². The molecule has 23 heavy (non-hydrogen) atoms. The number of amides is 2. The molecule has 0 unspecified atom stereocenters. The summed E-state index contributed by atoms with van der Waals surface area (Å²) in [6.45, 7) is 3.85. The smallest absolute Gasteiger partial charge is 0.239 e. The highest BCUT2D eigenvalue weighted by atomic mass is 19.1. The molecule has 0 heterocycles. The Bertz CT molecular complexity index is 494. The largest absolute Gasteiger partial charge is 0.383 e. The summed E-state index contributed by atoms with van der Waals surface area (Å²) < 4.78 is 17.7. The minimum Gasteiger partial charge on any atom is -0.383 e. The molecule has 1 rings (SSSR count). The van der Waals surface area contributed by atoms with E-state index in [1.165, 1.54) is 17.0 Å². The molecule has 2 N–H and O–H groups in total. The van der Waals surface area contributed by atoms with E-state index in [1.54, 1.807) is 19.2 Å². The van der Waals surface area contributed by atoms with E-state index < -0.39 is 0 Å². The van der Waals surface area contributed by atoms with Gasteiger partial charge >= 0.3 is 0 Å². The first-order valence-corrected chi connectivity index (χ1v) is 7.55. The van der Waals surface area contributed by atoms with Gasteiger partial charge in [-0.2, -0.15) is 0 Å². The number of nitrogens with zero attached hydrogens (tertiary/aromatic N) is 1. The summed E-state index contributed by atoms with van der Waals surface area (Å²) in [5.41, 5.74) is 0.801. The predicted octanol–water partition coefficient (Wildman–Crippen LogP) is 0.526. The standard InChI is InChI=1S/C16H24FN3O3/c1-3-20(16(22)11-18-8-9-23-2)12-15(21)19-10-13-4-6-14(17)7-5-13/h4-7,18H,3,8-12H2,1-2H3,(H,19,21). The summed E-state index contributed by atoms with van der Waals surface area (Å²) in [5, 5.41) is 5.67. The van der Waals surface area contributed by atoms with Crippen LogP contribution in [0.5, 0.6) is 0 Å². The van der Waals surface area contributed by atoms with Crippen LogP contribution in [0.1, 0.15) is 12.5 Å². The van der Waals surface area contributed by atoms with Crippen molar-refractivity contribution in [3.05, 3.63) is 35.6 Å². The summed E-state index contributed by atoms with van der Waals surface area (Å²) in [5.74, 6) is -0.703. The van der Waals surface area contributed by atoms with Gasteiger partial charge in [0.1, 0.15) is 5.82 Å². The summed E-state index contributed by atoms with van der Waals surface area (Å²) in [6.07, 6.45) is 0. The zero-order chi connectivity index (χ0) is 17.1. The number of halogens is 1. The number of benzene rings is 1. The van der Waals surface area contributed by atoms with Crippen LogP contribution >= 0.6 is 0 Å². The van der Waals surface area contributed by atoms with Crippen LogP contribution in [0.3, 0.4) is 0 Å². The second kappa shape index (κ2) is 10.7. The average Bonchev–Trinajstić information content (AvgIpc) is 2.56. The van der Waals surface area contributed by atoms with Gasteiger partial charge in [0.25, 0.3) is 0 Å². The molecule has 0 aliphatic rings. The Morgan fingerprint density at radius 2 is 1.96 bits per heavy atom. The molecule has 128 valence electrons. The van der Waals surface area contributed by atoms with E-state index in [9.17, 15) is 14.0 Å². The Hall–Kier alpha value is -1.99. The van der Waals surface area contributed by atoms with Crippen molar-refractivity contribution in [3.63, 3.8) is 0 Å². The fraction of sp³-hybridized carbons (Fsp3) is 0.500. The van der Waals surface area contributed by atoms with Crippen LogP contribution in [0, 0.1) is 5.82 Å². The van der Waals surface area contributed by atoms with Gasteiger partial charge < -0.3 is 20.3 Å². The number of methoxy groups -OCH3 is 1. The highest BCUT2D eigenvalue weighted by molar-refractivity contribution is 5.85. The molecular weight excluding hydrogens is 301 g/mol. The van der Waals surface area contributed by atoms with E-state index in [2.05, 4.69) is 10.6 Å². The SMILES string of the molecule is CCN(CC(=O)NCc1ccc(F)cc1)C(=O)CNCCOC. The molecule has 0 aromatic heterocycles. The summed E-state index contributed by atoms with van der Waals surface area (Å²) in [7, 11) is 1.59. The van der Waals surface area contributed by atoms with E-state index in [1.807, 2.05) is 6.92 Å². The molecule has 0 saturated carbocycles. The van der Waals surface area contributed by atoms with Crippen molar-refractivity contribution in [2.75, 3.05) is 39.9 Å². The van der Waals surface area contributed by atoms with Crippen LogP contribution in [-0.2, 0) is 20.9 Å². The van der Waals surface area contributed by atoms with Crippen molar-refractivity contribution < 1.29 is 18.7 Å². The fourth-order valence-electron chi connectivity index (χ4n) is 1.89. The predicted molar refractivity (Wildman–Crippen MR) is 85.2 cm³/mol. The molecule has 0 bridgehead atoms. The lowest BCUT2D eigenvalue weighted by atomic mass is 10.2. The van der Waals surface area contributed by atoms with Crippen molar-refractivity contribution >= 4 is 11.8 Å². The Labute approximate surface area is 136 Å². The van der Waals surface area contributed by atoms with Gasteiger partial charge in [0.05, 0.1) is 19.7 Å². The van der Waals surface area contributed by atoms with Crippen LogP contribution in [0.4, 0.5) is 4.39 Å². The van der Waals surface area contributed by atoms with E-state index in [0.717, 1.165) is 5.56 Å². The number of likely N-dealkylation sites (N-methyl/N-ethyl adjacent to an activating group) is 1. The van der Waals surface area contributed by atoms with E-state index in [4.69, 9.17) is 4.74 Å². The van der Waals surface area contributed by atoms with Crippen LogP contribution < -0.4 is 10.6 Å². The lowest BCUT2D eigenvalue weighted by molar-refractivity contribution is -0.135. The summed E-state index contributed by atoms with van der Waals surface area (Å²) >= 11 is 0. The Morgan fingerprint density at radius 1 is 1.26 bits per heavy atom. The second-order valence-electron chi connectivity index (χ2n) is 4.98. The first kappa shape index (κ1) is 19.1. The third-order valence-electron chi connectivity index (χ3n) is 3.23. The van der Waals surface area contributed by atoms with E-state index in [0.29, 0.717) is 26.2 Å². The fourth-order valence-corrected chi connectivity index (χ4v) is 1.89. The van der Waals surface area contributed by atoms with Gasteiger partial charge in [-0.3, -0.25) is 9.59 Å². The number of hydrogen-bond donors (Lipinski definition) is 2. The van der Waals surface area contributed by atoms with Crippen LogP contribution in [0.2, 0.25) is 0 Å². The van der Waals surface area contributed by atoms with Crippen molar-refractivity contribution in [1.29, 1.82) is 0 Å². The quantitative estimate of drug-likeness (QED) is 0.616. The summed E-state index contributed by atoms with van der Waals surface area (Å²) in [4.78, 5) is 25.4. The van der Waals surface area contributed by atoms with Gasteiger partial charge in [-0.05, 0) is 24.6 Å². The molecule has 0 spiro atoms. The number of rotatable bonds is 10. The van der Waals surface area contributed by atoms with Gasteiger partial charge in [0, 0.05) is 26.7 Å². The first-order chi connectivity index (χ1) is 11.1. The van der Waals surface area contributed by atoms with Crippen molar-refractivity contribution in [3.8, 4) is 0 Å². The molecule has 0 atom stereocenters. The van der Waals surface area contributed by atoms with Crippen molar-refractivity contribution in [1.82, 2.24) is 15.5 Å². The van der Waals surface area contributed by atoms with Gasteiger partial charge in [-0.15, -0.1) is 0 Å². The van der Waals surface area contributed by atoms with Crippen LogP contribution in [0.25, 0.3) is 0 Å². The molecule has 2 amide bonds. The third kappa shape index (κ3) is 7.71. The van der Waals surface area contributed by atoms with E-state index >= 15 is 0 Å². The highest BCUT2D eigenvalue weighted by Gasteiger charge is 2.14. The second-order valence-corrected chi connectivity index (χ2v) is 4.98. The molecule has 1 aromatic rings. The van der Waals surface area contributed by atoms with Gasteiger partial charge in [0.2, 0.25) is 11.8 Å². The van der Waals surface area contributed by atoms with Gasteiger partial charge in [0.15, 0.2) is 0 Å². The number of carbonyl (C=O) groups is 2. The molecule has 0 saturated heterocycles. The van der Waals surface area contributed by atoms with Gasteiger partial charge in [-0.25, -0.2) is 4.39 Å². The molecule has 0 aliphatic heterocycles. The maximum Gasteiger partial charge on any atom is 0.239 e. The number of carbonyl (C=O) groups excluding carboxylic acids is 2. The third-order valence-corrected chi connectivity index (χ3v) is 3.23. The number of ether oxygens (including phenoxy) is 1. The minimum atomic E-state index is -0.316. The molecule has 0 fully saturated rings. The monoisotopic (exact) mass is 325 g/mol. The highest BCUT2D eigenvalue weighted by Crippen LogP contribution is 2.02. The zero-order valence-electron chi connectivity index (χ0n) is 13.6. The number of nitrogens with one attached hydrogen (secondary N) is 2. The van der Waals surface area contributed by atoms with Crippen LogP contribution in [-0.4, -0.2) is 56.6 Å². The molecule has 7 heteroatoms. The Morgan fingerprint density at radius 3 is 2.57 bits per heavy atom. The lowest BCUT2D eigenvalue weighted by Gasteiger charge is -2.20. The molecular formula is C16H24FN3O3. The zero-order valence-corrected chi connectivity index (χ0v) is 13.6. The maximum absolute atomic E-state index is 12.8. The Balaban J connectivity index is 2.34. The lowest BCUT2D eigenvalue weighted by Crippen LogP contribution is -2.44. The van der Waals surface area contributed by atoms with Crippen molar-refractivity contribution in [2.24, 2.45) is 0 Å². The molecule has 0 aliphatic carbocycles. The Kier molecular flexibility index (Phi) is 8.86. The average molecular weight is 325 g/mol. The first-order valence-electron chi connectivity index (χ1n) is 7.55. The summed E-state index contributed by atoms with van der Waals surface area (Å²) in [6, 6.07) is 5.90. The molecule has 0 radical (unpaired) electrons. The molecule has 6 nitrogen and oxygen atoms in total. The normalized spacial score (nSPS) is 10.4. The topological polar surface area (TPSA) is 70.7 Å².